The van der Waals surface area contributed by atoms with Crippen molar-refractivity contribution < 1.29 is 23.1 Å². The Kier molecular flexibility index (Phi) is 3.87. The van der Waals surface area contributed by atoms with Gasteiger partial charge < -0.3 is 10.0 Å². The van der Waals surface area contributed by atoms with E-state index in [2.05, 4.69) is 9.97 Å². The third-order valence-electron chi connectivity index (χ3n) is 1.78. The van der Waals surface area contributed by atoms with Crippen molar-refractivity contribution in [1.29, 1.82) is 0 Å². The maximum atomic E-state index is 12.3. The van der Waals surface area contributed by atoms with Crippen LogP contribution >= 0.6 is 0 Å². The van der Waals surface area contributed by atoms with Gasteiger partial charge in [0.25, 0.3) is 0 Å². The van der Waals surface area contributed by atoms with Crippen LogP contribution in [0.15, 0.2) is 12.3 Å². The second kappa shape index (κ2) is 4.98. The number of anilines is 1. The van der Waals surface area contributed by atoms with E-state index in [4.69, 9.17) is 5.11 Å². The second-order valence-electron chi connectivity index (χ2n) is 3.33. The van der Waals surface area contributed by atoms with Crippen molar-refractivity contribution in [1.82, 2.24) is 9.97 Å². The lowest BCUT2D eigenvalue weighted by Gasteiger charge is -2.22. The molecule has 0 atom stereocenters. The van der Waals surface area contributed by atoms with Crippen LogP contribution in [-0.2, 0) is 4.79 Å². The SMILES string of the molecule is Cc1nccc(N(CC(=O)O)CC(F)(F)F)n1. The molecule has 1 heterocycles. The average molecular weight is 249 g/mol. The monoisotopic (exact) mass is 249 g/mol. The summed E-state index contributed by atoms with van der Waals surface area (Å²) in [6.07, 6.45) is -3.21. The van der Waals surface area contributed by atoms with Crippen molar-refractivity contribution >= 4 is 11.8 Å². The van der Waals surface area contributed by atoms with E-state index in [0.29, 0.717) is 4.90 Å². The number of carboxylic acid groups (broad SMARTS) is 1. The number of rotatable bonds is 4. The maximum absolute atomic E-state index is 12.3. The smallest absolute Gasteiger partial charge is 0.405 e. The van der Waals surface area contributed by atoms with Crippen molar-refractivity contribution in [2.24, 2.45) is 0 Å². The molecule has 17 heavy (non-hydrogen) atoms. The minimum atomic E-state index is -4.49. The number of aromatic nitrogens is 2. The molecule has 0 amide bonds. The zero-order valence-corrected chi connectivity index (χ0v) is 8.90. The third kappa shape index (κ3) is 4.66. The summed E-state index contributed by atoms with van der Waals surface area (Å²) in [7, 11) is 0. The standard InChI is InChI=1S/C9H10F3N3O2/c1-6-13-3-2-7(14-6)15(4-8(16)17)5-9(10,11)12/h2-3H,4-5H2,1H3,(H,16,17). The van der Waals surface area contributed by atoms with E-state index in [1.165, 1.54) is 19.2 Å². The molecule has 0 aliphatic heterocycles. The van der Waals surface area contributed by atoms with Gasteiger partial charge in [0.2, 0.25) is 0 Å². The maximum Gasteiger partial charge on any atom is 0.405 e. The summed E-state index contributed by atoms with van der Waals surface area (Å²) in [5.74, 6) is -1.14. The molecule has 0 aliphatic carbocycles. The van der Waals surface area contributed by atoms with Crippen molar-refractivity contribution in [3.8, 4) is 0 Å². The number of carbonyl (C=O) groups is 1. The molecule has 94 valence electrons. The fraction of sp³-hybridized carbons (Fsp3) is 0.444. The van der Waals surface area contributed by atoms with Gasteiger partial charge in [-0.2, -0.15) is 13.2 Å². The minimum Gasteiger partial charge on any atom is -0.480 e. The normalized spacial score (nSPS) is 11.3. The lowest BCUT2D eigenvalue weighted by atomic mass is 10.4. The Morgan fingerprint density at radius 2 is 2.18 bits per heavy atom. The molecule has 5 nitrogen and oxygen atoms in total. The lowest BCUT2D eigenvalue weighted by molar-refractivity contribution is -0.136. The van der Waals surface area contributed by atoms with Gasteiger partial charge >= 0.3 is 12.1 Å². The van der Waals surface area contributed by atoms with Crippen molar-refractivity contribution in [2.75, 3.05) is 18.0 Å². The third-order valence-corrected chi connectivity index (χ3v) is 1.78. The van der Waals surface area contributed by atoms with Gasteiger partial charge in [-0.15, -0.1) is 0 Å². The molecule has 0 aliphatic rings. The van der Waals surface area contributed by atoms with Crippen LogP contribution in [0.4, 0.5) is 19.0 Å². The van der Waals surface area contributed by atoms with Crippen molar-refractivity contribution in [2.45, 2.75) is 13.1 Å². The number of hydrogen-bond donors (Lipinski definition) is 1. The molecule has 1 aromatic rings. The largest absolute Gasteiger partial charge is 0.480 e. The van der Waals surface area contributed by atoms with Crippen molar-refractivity contribution in [3.63, 3.8) is 0 Å². The van der Waals surface area contributed by atoms with E-state index < -0.39 is 25.2 Å². The molecule has 0 bridgehead atoms. The highest BCUT2D eigenvalue weighted by Crippen LogP contribution is 2.20. The van der Waals surface area contributed by atoms with E-state index in [0.717, 1.165) is 0 Å². The molecule has 1 N–H and O–H groups in total. The molecule has 0 fully saturated rings. The second-order valence-corrected chi connectivity index (χ2v) is 3.33. The Hall–Kier alpha value is -1.86. The summed E-state index contributed by atoms with van der Waals surface area (Å²) in [5, 5.41) is 8.56. The Morgan fingerprint density at radius 3 is 2.65 bits per heavy atom. The van der Waals surface area contributed by atoms with Gasteiger partial charge in [-0.1, -0.05) is 0 Å². The Balaban J connectivity index is 2.93. The molecular weight excluding hydrogens is 239 g/mol. The van der Waals surface area contributed by atoms with E-state index >= 15 is 0 Å². The first-order chi connectivity index (χ1) is 7.78. The topological polar surface area (TPSA) is 66.3 Å². The molecule has 0 spiro atoms. The van der Waals surface area contributed by atoms with Gasteiger partial charge in [-0.3, -0.25) is 4.79 Å². The zero-order chi connectivity index (χ0) is 13.1. The van der Waals surface area contributed by atoms with Crippen LogP contribution in [-0.4, -0.2) is 40.3 Å². The highest BCUT2D eigenvalue weighted by atomic mass is 19.4. The zero-order valence-electron chi connectivity index (χ0n) is 8.90. The molecule has 8 heteroatoms. The first-order valence-electron chi connectivity index (χ1n) is 4.61. The van der Waals surface area contributed by atoms with Crippen LogP contribution in [0, 0.1) is 6.92 Å². The summed E-state index contributed by atoms with van der Waals surface area (Å²) < 4.78 is 36.8. The molecule has 0 saturated heterocycles. The first-order valence-corrected chi connectivity index (χ1v) is 4.61. The molecular formula is C9H10F3N3O2. The lowest BCUT2D eigenvalue weighted by Crippen LogP contribution is -2.38. The number of aliphatic carboxylic acids is 1. The molecule has 1 aromatic heterocycles. The Morgan fingerprint density at radius 1 is 1.53 bits per heavy atom. The summed E-state index contributed by atoms with van der Waals surface area (Å²) in [6, 6.07) is 1.24. The van der Waals surface area contributed by atoms with Crippen LogP contribution in [0.25, 0.3) is 0 Å². The van der Waals surface area contributed by atoms with Crippen LogP contribution in [0.3, 0.4) is 0 Å². The fourth-order valence-electron chi connectivity index (χ4n) is 1.22. The van der Waals surface area contributed by atoms with Gasteiger partial charge in [0, 0.05) is 6.20 Å². The predicted molar refractivity (Wildman–Crippen MR) is 52.7 cm³/mol. The first kappa shape index (κ1) is 13.2. The number of carboxylic acids is 1. The number of halogens is 3. The molecule has 1 rings (SSSR count). The summed E-state index contributed by atoms with van der Waals surface area (Å²) in [6.45, 7) is -0.623. The number of aryl methyl sites for hydroxylation is 1. The van der Waals surface area contributed by atoms with Crippen molar-refractivity contribution in [3.05, 3.63) is 18.1 Å². The summed E-state index contributed by atoms with van der Waals surface area (Å²) >= 11 is 0. The van der Waals surface area contributed by atoms with E-state index in [-0.39, 0.29) is 11.6 Å². The number of alkyl halides is 3. The fourth-order valence-corrected chi connectivity index (χ4v) is 1.22. The van der Waals surface area contributed by atoms with E-state index in [9.17, 15) is 18.0 Å². The Bertz CT molecular complexity index is 409. The summed E-state index contributed by atoms with van der Waals surface area (Å²) in [4.78, 5) is 18.6. The number of hydrogen-bond acceptors (Lipinski definition) is 4. The average Bonchev–Trinajstić information content (AvgIpc) is 2.13. The Labute approximate surface area is 94.9 Å². The van der Waals surface area contributed by atoms with Gasteiger partial charge in [-0.05, 0) is 13.0 Å². The van der Waals surface area contributed by atoms with Crippen LogP contribution < -0.4 is 4.90 Å². The minimum absolute atomic E-state index is 0.0581. The molecule has 0 aromatic carbocycles. The van der Waals surface area contributed by atoms with Gasteiger partial charge in [0.05, 0.1) is 0 Å². The van der Waals surface area contributed by atoms with Crippen LogP contribution in [0.5, 0.6) is 0 Å². The highest BCUT2D eigenvalue weighted by molar-refractivity contribution is 5.73. The predicted octanol–water partition coefficient (Wildman–Crippen LogP) is 1.24. The van der Waals surface area contributed by atoms with Crippen LogP contribution in [0.1, 0.15) is 5.82 Å². The van der Waals surface area contributed by atoms with E-state index in [1.54, 1.807) is 0 Å². The van der Waals surface area contributed by atoms with Gasteiger partial charge in [-0.25, -0.2) is 9.97 Å². The summed E-state index contributed by atoms with van der Waals surface area (Å²) in [5.41, 5.74) is 0. The number of nitrogens with zero attached hydrogens (tertiary/aromatic N) is 3. The quantitative estimate of drug-likeness (QED) is 0.869. The van der Waals surface area contributed by atoms with E-state index in [1.807, 2.05) is 0 Å². The molecule has 0 saturated carbocycles. The van der Waals surface area contributed by atoms with Crippen LogP contribution in [0.2, 0.25) is 0 Å². The van der Waals surface area contributed by atoms with Gasteiger partial charge in [0.15, 0.2) is 0 Å². The molecule has 0 unspecified atom stereocenters. The van der Waals surface area contributed by atoms with Gasteiger partial charge in [0.1, 0.15) is 24.7 Å². The molecule has 0 radical (unpaired) electrons. The highest BCUT2D eigenvalue weighted by Gasteiger charge is 2.32.